The Balaban J connectivity index is 1.71. The van der Waals surface area contributed by atoms with Gasteiger partial charge in [0.2, 0.25) is 5.91 Å². The zero-order chi connectivity index (χ0) is 21.9. The lowest BCUT2D eigenvalue weighted by atomic mass is 10.1. The molecule has 0 aliphatic carbocycles. The number of benzene rings is 2. The molecule has 0 heterocycles. The Morgan fingerprint density at radius 2 is 1.77 bits per heavy atom. The van der Waals surface area contributed by atoms with Crippen molar-refractivity contribution in [1.82, 2.24) is 16.2 Å². The van der Waals surface area contributed by atoms with Crippen molar-refractivity contribution in [3.63, 3.8) is 0 Å². The van der Waals surface area contributed by atoms with E-state index in [2.05, 4.69) is 30.0 Å². The van der Waals surface area contributed by atoms with E-state index in [4.69, 9.17) is 28.6 Å². The summed E-state index contributed by atoms with van der Waals surface area (Å²) in [4.78, 5) is 24.2. The Morgan fingerprint density at radius 3 is 2.43 bits per heavy atom. The van der Waals surface area contributed by atoms with Crippen molar-refractivity contribution in [1.29, 1.82) is 0 Å². The molecule has 2 rings (SSSR count). The number of hydrazine groups is 1. The van der Waals surface area contributed by atoms with Crippen LogP contribution in [0.1, 0.15) is 42.6 Å². The summed E-state index contributed by atoms with van der Waals surface area (Å²) in [5.74, 6) is 0.629. The van der Waals surface area contributed by atoms with Gasteiger partial charge < -0.3 is 10.1 Å². The standard InChI is InChI=1S/C22H26ClN3O3S/c1-15(2)13-14-29-18-10-7-17(8-11-18)21(28)25-26-22(30)24-20(27)12-9-16-5-3-4-6-19(16)23/h3-8,10-11,15H,9,12-14H2,1-2H3,(H,25,28)(H2,24,26,27,30). The molecule has 2 aromatic rings. The van der Waals surface area contributed by atoms with Crippen molar-refractivity contribution in [2.24, 2.45) is 5.92 Å². The molecule has 6 nitrogen and oxygen atoms in total. The Bertz CT molecular complexity index is 872. The summed E-state index contributed by atoms with van der Waals surface area (Å²) in [7, 11) is 0. The number of hydrogen-bond acceptors (Lipinski definition) is 4. The van der Waals surface area contributed by atoms with Crippen LogP contribution in [0.2, 0.25) is 5.02 Å². The first kappa shape index (κ1) is 23.6. The molecule has 0 spiro atoms. The van der Waals surface area contributed by atoms with Gasteiger partial charge in [-0.2, -0.15) is 0 Å². The molecule has 0 saturated heterocycles. The van der Waals surface area contributed by atoms with Gasteiger partial charge >= 0.3 is 0 Å². The van der Waals surface area contributed by atoms with Crippen LogP contribution >= 0.6 is 23.8 Å². The van der Waals surface area contributed by atoms with Gasteiger partial charge in [0.25, 0.3) is 5.91 Å². The van der Waals surface area contributed by atoms with Gasteiger partial charge in [0.15, 0.2) is 5.11 Å². The number of aryl methyl sites for hydroxylation is 1. The summed E-state index contributed by atoms with van der Waals surface area (Å²) < 4.78 is 5.63. The summed E-state index contributed by atoms with van der Waals surface area (Å²) >= 11 is 11.1. The second-order valence-corrected chi connectivity index (χ2v) is 7.92. The second kappa shape index (κ2) is 12.1. The number of nitrogens with one attached hydrogen (secondary N) is 3. The summed E-state index contributed by atoms with van der Waals surface area (Å²) in [6.07, 6.45) is 1.68. The number of carbonyl (C=O) groups is 2. The molecule has 30 heavy (non-hydrogen) atoms. The molecule has 0 saturated carbocycles. The fourth-order valence-electron chi connectivity index (χ4n) is 2.47. The molecule has 2 aromatic carbocycles. The molecular weight excluding hydrogens is 422 g/mol. The lowest BCUT2D eigenvalue weighted by Gasteiger charge is -2.12. The van der Waals surface area contributed by atoms with E-state index >= 15 is 0 Å². The lowest BCUT2D eigenvalue weighted by Crippen LogP contribution is -2.48. The maximum atomic E-state index is 12.2. The van der Waals surface area contributed by atoms with Crippen molar-refractivity contribution in [3.05, 3.63) is 64.7 Å². The predicted octanol–water partition coefficient (Wildman–Crippen LogP) is 4.03. The molecule has 3 N–H and O–H groups in total. The zero-order valence-electron chi connectivity index (χ0n) is 17.0. The van der Waals surface area contributed by atoms with Crippen molar-refractivity contribution in [2.75, 3.05) is 6.61 Å². The maximum Gasteiger partial charge on any atom is 0.269 e. The highest BCUT2D eigenvalue weighted by atomic mass is 35.5. The molecule has 8 heteroatoms. The quantitative estimate of drug-likeness (QED) is 0.420. The molecule has 0 aromatic heterocycles. The van der Waals surface area contributed by atoms with Crippen LogP contribution < -0.4 is 20.9 Å². The van der Waals surface area contributed by atoms with E-state index in [-0.39, 0.29) is 23.3 Å². The fourth-order valence-corrected chi connectivity index (χ4v) is 2.87. The molecule has 0 aliphatic rings. The lowest BCUT2D eigenvalue weighted by molar-refractivity contribution is -0.119. The Hall–Kier alpha value is -2.64. The number of ether oxygens (including phenoxy) is 1. The van der Waals surface area contributed by atoms with Gasteiger partial charge in [-0.3, -0.25) is 20.4 Å². The molecule has 0 fully saturated rings. The van der Waals surface area contributed by atoms with E-state index in [1.807, 2.05) is 18.2 Å². The molecule has 0 unspecified atom stereocenters. The van der Waals surface area contributed by atoms with Crippen LogP contribution in [0.5, 0.6) is 5.75 Å². The largest absolute Gasteiger partial charge is 0.494 e. The highest BCUT2D eigenvalue weighted by Crippen LogP contribution is 2.16. The zero-order valence-corrected chi connectivity index (χ0v) is 18.6. The third kappa shape index (κ3) is 8.39. The highest BCUT2D eigenvalue weighted by molar-refractivity contribution is 7.80. The number of amides is 2. The Kier molecular flexibility index (Phi) is 9.57. The van der Waals surface area contributed by atoms with Crippen LogP contribution in [0.3, 0.4) is 0 Å². The maximum absolute atomic E-state index is 12.2. The van der Waals surface area contributed by atoms with Gasteiger partial charge in [-0.05, 0) is 66.9 Å². The minimum absolute atomic E-state index is 0.0150. The van der Waals surface area contributed by atoms with Crippen molar-refractivity contribution in [3.8, 4) is 5.75 Å². The van der Waals surface area contributed by atoms with E-state index in [9.17, 15) is 9.59 Å². The van der Waals surface area contributed by atoms with Gasteiger partial charge in [0, 0.05) is 17.0 Å². The Morgan fingerprint density at radius 1 is 1.07 bits per heavy atom. The third-order valence-corrected chi connectivity index (χ3v) is 4.78. The summed E-state index contributed by atoms with van der Waals surface area (Å²) in [6, 6.07) is 14.1. The minimum Gasteiger partial charge on any atom is -0.494 e. The van der Waals surface area contributed by atoms with E-state index in [0.717, 1.165) is 12.0 Å². The number of carbonyl (C=O) groups excluding carboxylic acids is 2. The molecule has 2 amide bonds. The summed E-state index contributed by atoms with van der Waals surface area (Å²) in [6.45, 7) is 4.90. The van der Waals surface area contributed by atoms with E-state index < -0.39 is 0 Å². The van der Waals surface area contributed by atoms with Crippen molar-refractivity contribution in [2.45, 2.75) is 33.1 Å². The highest BCUT2D eigenvalue weighted by Gasteiger charge is 2.09. The Labute approximate surface area is 187 Å². The van der Waals surface area contributed by atoms with Gasteiger partial charge in [0.1, 0.15) is 5.75 Å². The van der Waals surface area contributed by atoms with Crippen LogP contribution in [-0.4, -0.2) is 23.5 Å². The molecular formula is C22H26ClN3O3S. The second-order valence-electron chi connectivity index (χ2n) is 7.10. The van der Waals surface area contributed by atoms with Gasteiger partial charge in [-0.25, -0.2) is 0 Å². The molecule has 0 aliphatic heterocycles. The van der Waals surface area contributed by atoms with E-state index in [1.165, 1.54) is 0 Å². The van der Waals surface area contributed by atoms with E-state index in [0.29, 0.717) is 35.3 Å². The van der Waals surface area contributed by atoms with Crippen LogP contribution in [0.4, 0.5) is 0 Å². The summed E-state index contributed by atoms with van der Waals surface area (Å²) in [5.41, 5.74) is 6.31. The topological polar surface area (TPSA) is 79.5 Å². The SMILES string of the molecule is CC(C)CCOc1ccc(C(=O)NNC(=S)NC(=O)CCc2ccccc2Cl)cc1. The first-order valence-corrected chi connectivity index (χ1v) is 10.5. The van der Waals surface area contributed by atoms with Crippen LogP contribution in [0.25, 0.3) is 0 Å². The summed E-state index contributed by atoms with van der Waals surface area (Å²) in [5, 5.41) is 3.16. The monoisotopic (exact) mass is 447 g/mol. The number of rotatable bonds is 8. The fraction of sp³-hybridized carbons (Fsp3) is 0.318. The molecule has 0 bridgehead atoms. The molecule has 160 valence electrons. The van der Waals surface area contributed by atoms with Gasteiger partial charge in [0.05, 0.1) is 6.61 Å². The first-order valence-electron chi connectivity index (χ1n) is 9.71. The first-order chi connectivity index (χ1) is 14.3. The van der Waals surface area contributed by atoms with Crippen molar-refractivity contribution >= 4 is 40.7 Å². The smallest absolute Gasteiger partial charge is 0.269 e. The predicted molar refractivity (Wildman–Crippen MR) is 123 cm³/mol. The van der Waals surface area contributed by atoms with E-state index in [1.54, 1.807) is 30.3 Å². The van der Waals surface area contributed by atoms with Crippen LogP contribution in [0.15, 0.2) is 48.5 Å². The van der Waals surface area contributed by atoms with Gasteiger partial charge in [-0.1, -0.05) is 43.6 Å². The van der Waals surface area contributed by atoms with Crippen molar-refractivity contribution < 1.29 is 14.3 Å². The number of hydrogen-bond donors (Lipinski definition) is 3. The average molecular weight is 448 g/mol. The number of halogens is 1. The van der Waals surface area contributed by atoms with Crippen LogP contribution in [0, 0.1) is 5.92 Å². The third-order valence-electron chi connectivity index (χ3n) is 4.20. The normalized spacial score (nSPS) is 10.4. The average Bonchev–Trinajstić information content (AvgIpc) is 2.71. The minimum atomic E-state index is -0.378. The number of thiocarbonyl (C=S) groups is 1. The molecule has 0 radical (unpaired) electrons. The van der Waals surface area contributed by atoms with Gasteiger partial charge in [-0.15, -0.1) is 0 Å². The van der Waals surface area contributed by atoms with Crippen LogP contribution in [-0.2, 0) is 11.2 Å². The molecule has 0 atom stereocenters.